The lowest BCUT2D eigenvalue weighted by Gasteiger charge is -2.35. The highest BCUT2D eigenvalue weighted by Crippen LogP contribution is 2.25. The summed E-state index contributed by atoms with van der Waals surface area (Å²) in [6.07, 6.45) is 0.376. The average Bonchev–Trinajstić information content (AvgIpc) is 2.56. The number of nitrogens with zero attached hydrogens (tertiary/aromatic N) is 1. The van der Waals surface area contributed by atoms with Crippen molar-refractivity contribution < 1.29 is 19.1 Å². The van der Waals surface area contributed by atoms with Crippen LogP contribution in [0, 0.1) is 5.82 Å². The Kier molecular flexibility index (Phi) is 4.20. The molecule has 24 heavy (non-hydrogen) atoms. The smallest absolute Gasteiger partial charge is 0.247 e. The molecule has 124 valence electrons. The highest BCUT2D eigenvalue weighted by molar-refractivity contribution is 5.97. The van der Waals surface area contributed by atoms with Crippen molar-refractivity contribution >= 4 is 17.5 Å². The molecule has 1 heterocycles. The number of phenols is 1. The fourth-order valence-electron chi connectivity index (χ4n) is 2.91. The summed E-state index contributed by atoms with van der Waals surface area (Å²) in [4.78, 5) is 26.0. The van der Waals surface area contributed by atoms with Crippen LogP contribution >= 0.6 is 0 Å². The van der Waals surface area contributed by atoms with E-state index in [-0.39, 0.29) is 17.3 Å². The van der Waals surface area contributed by atoms with E-state index in [0.717, 1.165) is 17.2 Å². The van der Waals surface area contributed by atoms with Crippen LogP contribution in [0.2, 0.25) is 0 Å². The fraction of sp³-hybridized carbons (Fsp3) is 0.222. The minimum atomic E-state index is -0.728. The van der Waals surface area contributed by atoms with Crippen LogP contribution in [0.3, 0.4) is 0 Å². The Labute approximate surface area is 138 Å². The number of carbonyl (C=O) groups is 2. The highest BCUT2D eigenvalue weighted by atomic mass is 19.1. The van der Waals surface area contributed by atoms with Gasteiger partial charge in [-0.05, 0) is 23.3 Å². The van der Waals surface area contributed by atoms with E-state index in [2.05, 4.69) is 5.32 Å². The quantitative estimate of drug-likeness (QED) is 0.832. The molecule has 1 aliphatic rings. The molecular weight excluding hydrogens is 311 g/mol. The Morgan fingerprint density at radius 2 is 1.92 bits per heavy atom. The van der Waals surface area contributed by atoms with Gasteiger partial charge in [0, 0.05) is 26.0 Å². The largest absolute Gasteiger partial charge is 0.508 e. The summed E-state index contributed by atoms with van der Waals surface area (Å²) in [6.45, 7) is 1.76. The Hall–Kier alpha value is -2.89. The van der Waals surface area contributed by atoms with E-state index in [1.807, 2.05) is 24.3 Å². The summed E-state index contributed by atoms with van der Waals surface area (Å²) in [5, 5.41) is 11.7. The third kappa shape index (κ3) is 3.08. The van der Waals surface area contributed by atoms with Gasteiger partial charge in [-0.1, -0.05) is 24.3 Å². The van der Waals surface area contributed by atoms with Gasteiger partial charge >= 0.3 is 0 Å². The van der Waals surface area contributed by atoms with Crippen LogP contribution in [0.1, 0.15) is 18.1 Å². The van der Waals surface area contributed by atoms with E-state index < -0.39 is 17.8 Å². The van der Waals surface area contributed by atoms with Crippen LogP contribution < -0.4 is 5.32 Å². The van der Waals surface area contributed by atoms with Gasteiger partial charge in [-0.2, -0.15) is 0 Å². The maximum absolute atomic E-state index is 13.8. The predicted molar refractivity (Wildman–Crippen MR) is 86.9 cm³/mol. The maximum atomic E-state index is 13.8. The van der Waals surface area contributed by atoms with Crippen molar-refractivity contribution in [2.24, 2.45) is 0 Å². The van der Waals surface area contributed by atoms with Gasteiger partial charge in [0.05, 0.1) is 5.69 Å². The first-order chi connectivity index (χ1) is 11.5. The molecule has 0 saturated heterocycles. The number of rotatable bonds is 2. The van der Waals surface area contributed by atoms with Crippen LogP contribution in [-0.4, -0.2) is 27.9 Å². The summed E-state index contributed by atoms with van der Waals surface area (Å²) >= 11 is 0. The number of hydrogen-bond donors (Lipinski definition) is 2. The average molecular weight is 328 g/mol. The maximum Gasteiger partial charge on any atom is 0.247 e. The predicted octanol–water partition coefficient (Wildman–Crippen LogP) is 2.44. The fourth-order valence-corrected chi connectivity index (χ4v) is 2.91. The summed E-state index contributed by atoms with van der Waals surface area (Å²) in [7, 11) is 0. The van der Waals surface area contributed by atoms with Crippen LogP contribution in [0.15, 0.2) is 42.5 Å². The van der Waals surface area contributed by atoms with Crippen molar-refractivity contribution in [3.63, 3.8) is 0 Å². The summed E-state index contributed by atoms with van der Waals surface area (Å²) in [5.74, 6) is -1.61. The van der Waals surface area contributed by atoms with Crippen molar-refractivity contribution in [2.75, 3.05) is 5.32 Å². The van der Waals surface area contributed by atoms with E-state index >= 15 is 0 Å². The van der Waals surface area contributed by atoms with Gasteiger partial charge < -0.3 is 15.3 Å². The topological polar surface area (TPSA) is 69.6 Å². The first kappa shape index (κ1) is 16.0. The molecule has 0 aliphatic carbocycles. The van der Waals surface area contributed by atoms with Gasteiger partial charge in [-0.25, -0.2) is 4.39 Å². The number of halogens is 1. The zero-order chi connectivity index (χ0) is 17.3. The second-order valence-corrected chi connectivity index (χ2v) is 5.79. The van der Waals surface area contributed by atoms with Gasteiger partial charge in [0.2, 0.25) is 11.8 Å². The molecule has 2 amide bonds. The lowest BCUT2D eigenvalue weighted by molar-refractivity contribution is -0.138. The lowest BCUT2D eigenvalue weighted by atomic mass is 9.93. The lowest BCUT2D eigenvalue weighted by Crippen LogP contribution is -2.50. The molecule has 0 aromatic heterocycles. The Bertz CT molecular complexity index is 807. The van der Waals surface area contributed by atoms with Crippen molar-refractivity contribution in [3.05, 3.63) is 59.4 Å². The van der Waals surface area contributed by atoms with E-state index in [1.54, 1.807) is 0 Å². The normalized spacial score (nSPS) is 16.4. The molecule has 0 bridgehead atoms. The summed E-state index contributed by atoms with van der Waals surface area (Å²) < 4.78 is 13.8. The van der Waals surface area contributed by atoms with E-state index in [9.17, 15) is 19.1 Å². The number of phenolic OH excluding ortho intramolecular Hbond substituents is 1. The highest BCUT2D eigenvalue weighted by Gasteiger charge is 2.33. The molecule has 0 saturated carbocycles. The van der Waals surface area contributed by atoms with Gasteiger partial charge in [-0.3, -0.25) is 9.59 Å². The van der Waals surface area contributed by atoms with E-state index in [4.69, 9.17) is 0 Å². The molecular formula is C18H17FN2O3. The Morgan fingerprint density at radius 3 is 2.58 bits per heavy atom. The number of fused-ring (bicyclic) bond motifs is 1. The zero-order valence-corrected chi connectivity index (χ0v) is 13.1. The molecule has 6 heteroatoms. The molecule has 5 nitrogen and oxygen atoms in total. The minimum Gasteiger partial charge on any atom is -0.508 e. The minimum absolute atomic E-state index is 0.0276. The first-order valence-corrected chi connectivity index (χ1v) is 7.59. The zero-order valence-electron chi connectivity index (χ0n) is 13.1. The molecule has 3 rings (SSSR count). The van der Waals surface area contributed by atoms with Crippen LogP contribution in [0.5, 0.6) is 5.75 Å². The molecule has 1 unspecified atom stereocenters. The number of anilines is 1. The summed E-state index contributed by atoms with van der Waals surface area (Å²) in [6, 6.07) is 10.4. The third-order valence-electron chi connectivity index (χ3n) is 4.17. The van der Waals surface area contributed by atoms with E-state index in [1.165, 1.54) is 24.0 Å². The molecule has 2 aromatic rings. The molecule has 0 spiro atoms. The number of nitrogens with one attached hydrogen (secondary N) is 1. The van der Waals surface area contributed by atoms with Gasteiger partial charge in [0.25, 0.3) is 0 Å². The molecule has 1 atom stereocenters. The Balaban J connectivity index is 1.85. The van der Waals surface area contributed by atoms with Gasteiger partial charge in [-0.15, -0.1) is 0 Å². The second-order valence-electron chi connectivity index (χ2n) is 5.79. The number of benzene rings is 2. The molecule has 0 radical (unpaired) electrons. The number of amides is 2. The van der Waals surface area contributed by atoms with Crippen molar-refractivity contribution in [1.29, 1.82) is 0 Å². The van der Waals surface area contributed by atoms with Crippen molar-refractivity contribution in [2.45, 2.75) is 25.9 Å². The number of aromatic hydroxyl groups is 1. The van der Waals surface area contributed by atoms with Gasteiger partial charge in [0.15, 0.2) is 0 Å². The SMILES string of the molecule is CC(=O)N1Cc2ccccc2CC1C(=O)Nc1ccc(O)cc1F. The first-order valence-electron chi connectivity index (χ1n) is 7.59. The van der Waals surface area contributed by atoms with Crippen LogP contribution in [0.25, 0.3) is 0 Å². The summed E-state index contributed by atoms with van der Waals surface area (Å²) in [5.41, 5.74) is 1.98. The monoisotopic (exact) mass is 328 g/mol. The van der Waals surface area contributed by atoms with E-state index in [0.29, 0.717) is 13.0 Å². The number of carbonyl (C=O) groups excluding carboxylic acids is 2. The second kappa shape index (κ2) is 6.31. The van der Waals surface area contributed by atoms with Crippen LogP contribution in [0.4, 0.5) is 10.1 Å². The van der Waals surface area contributed by atoms with Crippen molar-refractivity contribution in [1.82, 2.24) is 4.90 Å². The standard InChI is InChI=1S/C18H17FN2O3/c1-11(22)21-10-13-5-3-2-4-12(13)8-17(21)18(24)20-16-7-6-14(23)9-15(16)19/h2-7,9,17,23H,8,10H2,1H3,(H,20,24). The molecule has 2 N–H and O–H groups in total. The third-order valence-corrected chi connectivity index (χ3v) is 4.17. The van der Waals surface area contributed by atoms with Gasteiger partial charge in [0.1, 0.15) is 17.6 Å². The van der Waals surface area contributed by atoms with Crippen molar-refractivity contribution in [3.8, 4) is 5.75 Å². The molecule has 1 aliphatic heterocycles. The molecule has 0 fully saturated rings. The molecule has 2 aromatic carbocycles. The Morgan fingerprint density at radius 1 is 1.21 bits per heavy atom. The number of hydrogen-bond acceptors (Lipinski definition) is 3. The van der Waals surface area contributed by atoms with Crippen LogP contribution in [-0.2, 0) is 22.6 Å².